The van der Waals surface area contributed by atoms with Gasteiger partial charge in [0, 0.05) is 10.9 Å². The summed E-state index contributed by atoms with van der Waals surface area (Å²) in [5, 5.41) is 2.78. The average molecular weight is 506 g/mol. The molecule has 7 heteroatoms. The lowest BCUT2D eigenvalue weighted by molar-refractivity contribution is 0.0959. The van der Waals surface area contributed by atoms with Gasteiger partial charge in [-0.1, -0.05) is 77.8 Å². The highest BCUT2D eigenvalue weighted by Gasteiger charge is 2.17. The number of para-hydroxylation sites is 1. The Balaban J connectivity index is 0.00000240. The summed E-state index contributed by atoms with van der Waals surface area (Å²) in [6, 6.07) is 24.1. The van der Waals surface area contributed by atoms with E-state index in [0.29, 0.717) is 26.1 Å². The van der Waals surface area contributed by atoms with Crippen molar-refractivity contribution in [2.45, 2.75) is 0 Å². The summed E-state index contributed by atoms with van der Waals surface area (Å²) >= 11 is 13.9. The lowest BCUT2D eigenvalue weighted by atomic mass is 10.1. The second kappa shape index (κ2) is 9.55. The summed E-state index contributed by atoms with van der Waals surface area (Å²) in [4.78, 5) is 18.5. The Morgan fingerprint density at radius 3 is 2.03 bits per heavy atom. The number of thiazole rings is 1. The number of rotatable bonds is 3. The fourth-order valence-corrected chi connectivity index (χ4v) is 4.17. The lowest BCUT2D eigenvalue weighted by Crippen LogP contribution is -2.24. The molecule has 0 fully saturated rings. The third-order valence-electron chi connectivity index (χ3n) is 4.15. The van der Waals surface area contributed by atoms with Crippen molar-refractivity contribution in [1.82, 2.24) is 4.57 Å². The number of carbonyl (C=O) groups is 1. The fraction of sp³-hybridized carbons (Fsp3) is 0. The van der Waals surface area contributed by atoms with Crippen LogP contribution < -0.4 is 4.80 Å². The molecule has 3 aromatic carbocycles. The first kappa shape index (κ1) is 21.5. The maximum Gasteiger partial charge on any atom is 0.264 e. The molecule has 146 valence electrons. The quantitative estimate of drug-likeness (QED) is 0.294. The third-order valence-corrected chi connectivity index (χ3v) is 5.58. The average Bonchev–Trinajstić information content (AvgIpc) is 3.15. The van der Waals surface area contributed by atoms with Crippen molar-refractivity contribution < 1.29 is 4.79 Å². The van der Waals surface area contributed by atoms with E-state index in [1.807, 2.05) is 53.9 Å². The van der Waals surface area contributed by atoms with Crippen LogP contribution in [0.5, 0.6) is 0 Å². The maximum absolute atomic E-state index is 13.3. The van der Waals surface area contributed by atoms with Gasteiger partial charge in [-0.15, -0.1) is 28.3 Å². The molecule has 0 aliphatic heterocycles. The van der Waals surface area contributed by atoms with Crippen LogP contribution in [0.15, 0.2) is 89.2 Å². The largest absolute Gasteiger partial charge is 0.268 e. The standard InChI is InChI=1S/C22H14Cl2N2OS.BrH/c23-17-12-7-13-18(24)20(17)25-22-26(21(27)16-10-5-2-6-11-16)19(14-28-22)15-8-3-1-4-9-15;/h1-14H;1H. The van der Waals surface area contributed by atoms with Crippen LogP contribution in [0.2, 0.25) is 10.0 Å². The Labute approximate surface area is 192 Å². The Bertz CT molecular complexity index is 1180. The van der Waals surface area contributed by atoms with Gasteiger partial charge in [0.15, 0.2) is 4.80 Å². The highest BCUT2D eigenvalue weighted by atomic mass is 79.9. The van der Waals surface area contributed by atoms with E-state index >= 15 is 0 Å². The molecule has 0 saturated carbocycles. The number of halogens is 3. The highest BCUT2D eigenvalue weighted by Crippen LogP contribution is 2.32. The monoisotopic (exact) mass is 504 g/mol. The first-order valence-electron chi connectivity index (χ1n) is 8.49. The third kappa shape index (κ3) is 4.54. The fourth-order valence-electron chi connectivity index (χ4n) is 2.80. The van der Waals surface area contributed by atoms with Crippen molar-refractivity contribution in [3.05, 3.63) is 105 Å². The molecule has 29 heavy (non-hydrogen) atoms. The molecule has 0 bridgehead atoms. The minimum absolute atomic E-state index is 0. The van der Waals surface area contributed by atoms with Gasteiger partial charge >= 0.3 is 0 Å². The normalized spacial score (nSPS) is 11.2. The second-order valence-electron chi connectivity index (χ2n) is 5.96. The van der Waals surface area contributed by atoms with Crippen molar-refractivity contribution in [3.63, 3.8) is 0 Å². The number of aromatic nitrogens is 1. The molecule has 1 aromatic heterocycles. The number of hydrogen-bond donors (Lipinski definition) is 0. The molecule has 4 rings (SSSR count). The number of hydrogen-bond acceptors (Lipinski definition) is 3. The smallest absolute Gasteiger partial charge is 0.264 e. The zero-order chi connectivity index (χ0) is 19.5. The Kier molecular flexibility index (Phi) is 7.09. The summed E-state index contributed by atoms with van der Waals surface area (Å²) in [6.07, 6.45) is 0. The molecule has 0 aliphatic rings. The van der Waals surface area contributed by atoms with Gasteiger partial charge in [-0.05, 0) is 29.8 Å². The SMILES string of the molecule is Br.O=C(c1ccccc1)n1c(-c2ccccc2)csc1=Nc1c(Cl)cccc1Cl. The van der Waals surface area contributed by atoms with E-state index in [2.05, 4.69) is 4.99 Å². The van der Waals surface area contributed by atoms with Crippen LogP contribution in [0.3, 0.4) is 0 Å². The lowest BCUT2D eigenvalue weighted by Gasteiger charge is -2.08. The molecule has 3 nitrogen and oxygen atoms in total. The molecule has 0 unspecified atom stereocenters. The molecule has 0 spiro atoms. The van der Waals surface area contributed by atoms with Gasteiger partial charge < -0.3 is 0 Å². The first-order valence-corrected chi connectivity index (χ1v) is 10.1. The molecule has 4 aromatic rings. The van der Waals surface area contributed by atoms with Crippen molar-refractivity contribution in [2.75, 3.05) is 0 Å². The summed E-state index contributed by atoms with van der Waals surface area (Å²) in [5.74, 6) is -0.164. The summed E-state index contributed by atoms with van der Waals surface area (Å²) in [7, 11) is 0. The number of benzene rings is 3. The Morgan fingerprint density at radius 2 is 1.41 bits per heavy atom. The van der Waals surface area contributed by atoms with Gasteiger partial charge in [0.1, 0.15) is 5.69 Å². The molecular formula is C22H15BrCl2N2OS. The molecule has 0 atom stereocenters. The van der Waals surface area contributed by atoms with E-state index in [4.69, 9.17) is 23.2 Å². The van der Waals surface area contributed by atoms with Gasteiger partial charge in [-0.3, -0.25) is 9.36 Å². The predicted octanol–water partition coefficient (Wildman–Crippen LogP) is 7.02. The van der Waals surface area contributed by atoms with Crippen molar-refractivity contribution in [2.24, 2.45) is 4.99 Å². The molecule has 0 amide bonds. The second-order valence-corrected chi connectivity index (χ2v) is 7.61. The number of nitrogens with zero attached hydrogens (tertiary/aromatic N) is 2. The van der Waals surface area contributed by atoms with Crippen LogP contribution in [0.1, 0.15) is 10.4 Å². The van der Waals surface area contributed by atoms with Crippen LogP contribution in [-0.2, 0) is 0 Å². The molecule has 0 radical (unpaired) electrons. The van der Waals surface area contributed by atoms with Crippen LogP contribution in [0, 0.1) is 0 Å². The zero-order valence-corrected chi connectivity index (χ0v) is 19.0. The minimum atomic E-state index is -0.164. The van der Waals surface area contributed by atoms with E-state index in [1.165, 1.54) is 11.3 Å². The van der Waals surface area contributed by atoms with Crippen molar-refractivity contribution in [3.8, 4) is 11.3 Å². The van der Waals surface area contributed by atoms with Crippen molar-refractivity contribution in [1.29, 1.82) is 0 Å². The Morgan fingerprint density at radius 1 is 0.828 bits per heavy atom. The molecule has 0 saturated heterocycles. The topological polar surface area (TPSA) is 34.4 Å². The zero-order valence-electron chi connectivity index (χ0n) is 15.0. The highest BCUT2D eigenvalue weighted by molar-refractivity contribution is 8.93. The Hall–Kier alpha value is -2.18. The summed E-state index contributed by atoms with van der Waals surface area (Å²) in [5.41, 5.74) is 2.71. The molecular weight excluding hydrogens is 491 g/mol. The van der Waals surface area contributed by atoms with Gasteiger partial charge in [-0.25, -0.2) is 4.99 Å². The first-order chi connectivity index (χ1) is 13.6. The van der Waals surface area contributed by atoms with Gasteiger partial charge in [0.25, 0.3) is 5.91 Å². The van der Waals surface area contributed by atoms with E-state index in [-0.39, 0.29) is 22.9 Å². The van der Waals surface area contributed by atoms with Gasteiger partial charge in [-0.2, -0.15) is 0 Å². The molecule has 1 heterocycles. The summed E-state index contributed by atoms with van der Waals surface area (Å²) in [6.45, 7) is 0. The molecule has 0 N–H and O–H groups in total. The van der Waals surface area contributed by atoms with Gasteiger partial charge in [0.2, 0.25) is 0 Å². The van der Waals surface area contributed by atoms with E-state index in [1.54, 1.807) is 34.9 Å². The van der Waals surface area contributed by atoms with Crippen LogP contribution in [0.25, 0.3) is 11.3 Å². The number of carbonyl (C=O) groups excluding carboxylic acids is 1. The van der Waals surface area contributed by atoms with Gasteiger partial charge in [0.05, 0.1) is 15.7 Å². The minimum Gasteiger partial charge on any atom is -0.268 e. The van der Waals surface area contributed by atoms with Crippen LogP contribution in [0.4, 0.5) is 5.69 Å². The van der Waals surface area contributed by atoms with Crippen LogP contribution in [-0.4, -0.2) is 10.5 Å². The maximum atomic E-state index is 13.3. The molecule has 0 aliphatic carbocycles. The van der Waals surface area contributed by atoms with Crippen LogP contribution >= 0.6 is 51.5 Å². The van der Waals surface area contributed by atoms with E-state index in [0.717, 1.165) is 11.3 Å². The summed E-state index contributed by atoms with van der Waals surface area (Å²) < 4.78 is 1.61. The van der Waals surface area contributed by atoms with E-state index < -0.39 is 0 Å². The van der Waals surface area contributed by atoms with E-state index in [9.17, 15) is 4.79 Å². The van der Waals surface area contributed by atoms with Crippen molar-refractivity contribution >= 4 is 63.1 Å². The predicted molar refractivity (Wildman–Crippen MR) is 126 cm³/mol.